The van der Waals surface area contributed by atoms with E-state index in [1.807, 2.05) is 18.2 Å². The van der Waals surface area contributed by atoms with Gasteiger partial charge in [0.1, 0.15) is 0 Å². The van der Waals surface area contributed by atoms with Crippen LogP contribution in [0.1, 0.15) is 31.7 Å². The number of likely N-dealkylation sites (tertiary alicyclic amines) is 1. The van der Waals surface area contributed by atoms with Crippen LogP contribution in [0.2, 0.25) is 0 Å². The first-order chi connectivity index (χ1) is 13.2. The van der Waals surface area contributed by atoms with Gasteiger partial charge in [-0.25, -0.2) is 0 Å². The second kappa shape index (κ2) is 8.13. The SMILES string of the molecule is CC1CCN(c2ccc(NC(=O)C3CCCN3Cc3ccccc3)cc2)C1. The molecule has 2 aromatic rings. The van der Waals surface area contributed by atoms with Crippen molar-refractivity contribution < 1.29 is 4.79 Å². The molecule has 27 heavy (non-hydrogen) atoms. The largest absolute Gasteiger partial charge is 0.371 e. The molecule has 2 aromatic carbocycles. The second-order valence-corrected chi connectivity index (χ2v) is 7.99. The molecular weight excluding hydrogens is 334 g/mol. The summed E-state index contributed by atoms with van der Waals surface area (Å²) >= 11 is 0. The Kier molecular flexibility index (Phi) is 5.44. The lowest BCUT2D eigenvalue weighted by Crippen LogP contribution is -2.39. The maximum atomic E-state index is 12.8. The summed E-state index contributed by atoms with van der Waals surface area (Å²) < 4.78 is 0. The lowest BCUT2D eigenvalue weighted by molar-refractivity contribution is -0.120. The molecule has 2 aliphatic rings. The fraction of sp³-hybridized carbons (Fsp3) is 0.435. The number of amides is 1. The van der Waals surface area contributed by atoms with Crippen molar-refractivity contribution in [2.75, 3.05) is 29.9 Å². The quantitative estimate of drug-likeness (QED) is 0.867. The summed E-state index contributed by atoms with van der Waals surface area (Å²) in [5.41, 5.74) is 3.41. The van der Waals surface area contributed by atoms with E-state index in [4.69, 9.17) is 0 Å². The molecule has 2 saturated heterocycles. The highest BCUT2D eigenvalue weighted by molar-refractivity contribution is 5.95. The molecule has 2 aliphatic heterocycles. The van der Waals surface area contributed by atoms with E-state index in [0.29, 0.717) is 0 Å². The van der Waals surface area contributed by atoms with Gasteiger partial charge in [0, 0.05) is 31.0 Å². The van der Waals surface area contributed by atoms with E-state index in [-0.39, 0.29) is 11.9 Å². The van der Waals surface area contributed by atoms with E-state index in [9.17, 15) is 4.79 Å². The van der Waals surface area contributed by atoms with Crippen LogP contribution in [0.4, 0.5) is 11.4 Å². The number of benzene rings is 2. The number of anilines is 2. The van der Waals surface area contributed by atoms with Crippen LogP contribution in [0.15, 0.2) is 54.6 Å². The number of hydrogen-bond acceptors (Lipinski definition) is 3. The number of hydrogen-bond donors (Lipinski definition) is 1. The molecule has 1 amide bonds. The van der Waals surface area contributed by atoms with E-state index in [1.54, 1.807) is 0 Å². The second-order valence-electron chi connectivity index (χ2n) is 7.99. The summed E-state index contributed by atoms with van der Waals surface area (Å²) in [6.45, 7) is 6.38. The van der Waals surface area contributed by atoms with Gasteiger partial charge in [-0.1, -0.05) is 37.3 Å². The molecule has 4 heteroatoms. The highest BCUT2D eigenvalue weighted by Gasteiger charge is 2.30. The average molecular weight is 364 g/mol. The van der Waals surface area contributed by atoms with Crippen molar-refractivity contribution in [1.29, 1.82) is 0 Å². The maximum Gasteiger partial charge on any atom is 0.241 e. The minimum atomic E-state index is -0.0377. The van der Waals surface area contributed by atoms with Gasteiger partial charge in [0.25, 0.3) is 0 Å². The zero-order chi connectivity index (χ0) is 18.6. The molecule has 4 nitrogen and oxygen atoms in total. The van der Waals surface area contributed by atoms with Crippen LogP contribution in [-0.2, 0) is 11.3 Å². The fourth-order valence-corrected chi connectivity index (χ4v) is 4.28. The van der Waals surface area contributed by atoms with Gasteiger partial charge in [0.2, 0.25) is 5.91 Å². The molecule has 0 aliphatic carbocycles. The molecule has 2 atom stereocenters. The van der Waals surface area contributed by atoms with Crippen molar-refractivity contribution in [3.63, 3.8) is 0 Å². The molecule has 0 radical (unpaired) electrons. The van der Waals surface area contributed by atoms with Gasteiger partial charge in [0.05, 0.1) is 6.04 Å². The van der Waals surface area contributed by atoms with Crippen molar-refractivity contribution in [2.24, 2.45) is 5.92 Å². The van der Waals surface area contributed by atoms with Gasteiger partial charge in [-0.2, -0.15) is 0 Å². The van der Waals surface area contributed by atoms with Gasteiger partial charge < -0.3 is 10.2 Å². The molecule has 0 aromatic heterocycles. The first-order valence-corrected chi connectivity index (χ1v) is 10.1. The van der Waals surface area contributed by atoms with E-state index < -0.39 is 0 Å². The standard InChI is InChI=1S/C23H29N3O/c1-18-13-15-25(16-18)21-11-9-20(10-12-21)24-23(27)22-8-5-14-26(22)17-19-6-3-2-4-7-19/h2-4,6-7,9-12,18,22H,5,8,13-17H2,1H3,(H,24,27). The Morgan fingerprint density at radius 2 is 1.81 bits per heavy atom. The van der Waals surface area contributed by atoms with Gasteiger partial charge in [-0.05, 0) is 61.6 Å². The highest BCUT2D eigenvalue weighted by atomic mass is 16.2. The van der Waals surface area contributed by atoms with Crippen LogP contribution in [-0.4, -0.2) is 36.5 Å². The van der Waals surface area contributed by atoms with Crippen molar-refractivity contribution >= 4 is 17.3 Å². The van der Waals surface area contributed by atoms with Crippen LogP contribution in [0.5, 0.6) is 0 Å². The summed E-state index contributed by atoms with van der Waals surface area (Å²) in [5.74, 6) is 0.883. The van der Waals surface area contributed by atoms with Gasteiger partial charge in [-0.15, -0.1) is 0 Å². The number of carbonyl (C=O) groups excluding carboxylic acids is 1. The molecular formula is C23H29N3O. The minimum absolute atomic E-state index is 0.0377. The van der Waals surface area contributed by atoms with E-state index >= 15 is 0 Å². The zero-order valence-corrected chi connectivity index (χ0v) is 16.1. The smallest absolute Gasteiger partial charge is 0.241 e. The Hall–Kier alpha value is -2.33. The Bertz CT molecular complexity index is 759. The summed E-state index contributed by atoms with van der Waals surface area (Å²) in [5, 5.41) is 3.13. The minimum Gasteiger partial charge on any atom is -0.371 e. The Labute approximate surface area is 162 Å². The Balaban J connectivity index is 1.36. The predicted molar refractivity (Wildman–Crippen MR) is 111 cm³/mol. The zero-order valence-electron chi connectivity index (χ0n) is 16.1. The Morgan fingerprint density at radius 3 is 2.52 bits per heavy atom. The average Bonchev–Trinajstić information content (AvgIpc) is 3.32. The van der Waals surface area contributed by atoms with Crippen molar-refractivity contribution in [3.05, 3.63) is 60.2 Å². The third-order valence-corrected chi connectivity index (χ3v) is 5.82. The molecule has 142 valence electrons. The van der Waals surface area contributed by atoms with Crippen molar-refractivity contribution in [1.82, 2.24) is 4.90 Å². The van der Waals surface area contributed by atoms with E-state index in [2.05, 4.69) is 58.4 Å². The lowest BCUT2D eigenvalue weighted by atomic mass is 10.1. The van der Waals surface area contributed by atoms with Crippen molar-refractivity contribution in [2.45, 2.75) is 38.8 Å². The first kappa shape index (κ1) is 18.1. The monoisotopic (exact) mass is 363 g/mol. The number of nitrogens with one attached hydrogen (secondary N) is 1. The van der Waals surface area contributed by atoms with Gasteiger partial charge in [0.15, 0.2) is 0 Å². The van der Waals surface area contributed by atoms with Crippen LogP contribution in [0.25, 0.3) is 0 Å². The normalized spacial score (nSPS) is 22.9. The highest BCUT2D eigenvalue weighted by Crippen LogP contribution is 2.26. The van der Waals surface area contributed by atoms with Gasteiger partial charge >= 0.3 is 0 Å². The molecule has 4 rings (SSSR count). The van der Waals surface area contributed by atoms with Crippen molar-refractivity contribution in [3.8, 4) is 0 Å². The maximum absolute atomic E-state index is 12.8. The summed E-state index contributed by atoms with van der Waals surface area (Å²) in [6, 6.07) is 18.7. The first-order valence-electron chi connectivity index (χ1n) is 10.1. The number of carbonyl (C=O) groups is 1. The molecule has 1 N–H and O–H groups in total. The summed E-state index contributed by atoms with van der Waals surface area (Å²) in [6.07, 6.45) is 3.27. The number of rotatable bonds is 5. The third kappa shape index (κ3) is 4.33. The third-order valence-electron chi connectivity index (χ3n) is 5.82. The Morgan fingerprint density at radius 1 is 1.04 bits per heavy atom. The molecule has 0 spiro atoms. The predicted octanol–water partition coefficient (Wildman–Crippen LogP) is 4.14. The van der Waals surface area contributed by atoms with Crippen LogP contribution in [0.3, 0.4) is 0 Å². The molecule has 0 bridgehead atoms. The van der Waals surface area contributed by atoms with Crippen LogP contribution in [0, 0.1) is 5.92 Å². The van der Waals surface area contributed by atoms with E-state index in [1.165, 1.54) is 17.7 Å². The van der Waals surface area contributed by atoms with Crippen LogP contribution < -0.4 is 10.2 Å². The number of nitrogens with zero attached hydrogens (tertiary/aromatic N) is 2. The molecule has 2 unspecified atom stereocenters. The van der Waals surface area contributed by atoms with E-state index in [0.717, 1.165) is 50.6 Å². The topological polar surface area (TPSA) is 35.6 Å². The van der Waals surface area contributed by atoms with Gasteiger partial charge in [-0.3, -0.25) is 9.69 Å². The molecule has 2 fully saturated rings. The summed E-state index contributed by atoms with van der Waals surface area (Å²) in [4.78, 5) is 17.6. The summed E-state index contributed by atoms with van der Waals surface area (Å²) in [7, 11) is 0. The fourth-order valence-electron chi connectivity index (χ4n) is 4.28. The molecule has 2 heterocycles. The lowest BCUT2D eigenvalue weighted by Gasteiger charge is -2.24. The van der Waals surface area contributed by atoms with Crippen LogP contribution >= 0.6 is 0 Å². The molecule has 0 saturated carbocycles.